The van der Waals surface area contributed by atoms with Crippen molar-refractivity contribution >= 4 is 29.6 Å². The number of carboxylic acids is 1. The normalized spacial score (nSPS) is 17.3. The number of nitrogens with one attached hydrogen (secondary N) is 5. The van der Waals surface area contributed by atoms with Crippen molar-refractivity contribution in [1.29, 1.82) is 0 Å². The van der Waals surface area contributed by atoms with Gasteiger partial charge in [0.15, 0.2) is 0 Å². The van der Waals surface area contributed by atoms with Gasteiger partial charge in [0.25, 0.3) is 0 Å². The summed E-state index contributed by atoms with van der Waals surface area (Å²) in [7, 11) is 0. The average molecular weight is 510 g/mol. The zero-order valence-corrected chi connectivity index (χ0v) is 19.4. The predicted octanol–water partition coefficient (Wildman–Crippen LogP) is -3.67. The number of carbonyl (C=O) groups excluding carboxylic acids is 4. The summed E-state index contributed by atoms with van der Waals surface area (Å²) in [6.07, 6.45) is 1.29. The van der Waals surface area contributed by atoms with Crippen molar-refractivity contribution in [3.8, 4) is 5.75 Å². The van der Waals surface area contributed by atoms with E-state index in [4.69, 9.17) is 0 Å². The number of aliphatic carboxylic acids is 1. The highest BCUT2D eigenvalue weighted by atomic mass is 16.4. The van der Waals surface area contributed by atoms with Crippen molar-refractivity contribution < 1.29 is 44.4 Å². The topological polar surface area (TPSA) is 226 Å². The number of aromatic hydroxyl groups is 1. The average Bonchev–Trinajstić information content (AvgIpc) is 3.40. The lowest BCUT2D eigenvalue weighted by Gasteiger charge is -2.22. The van der Waals surface area contributed by atoms with Crippen molar-refractivity contribution in [1.82, 2.24) is 26.6 Å². The van der Waals surface area contributed by atoms with Gasteiger partial charge in [-0.2, -0.15) is 0 Å². The van der Waals surface area contributed by atoms with Crippen molar-refractivity contribution in [3.05, 3.63) is 29.8 Å². The van der Waals surface area contributed by atoms with Crippen molar-refractivity contribution in [2.75, 3.05) is 26.3 Å². The van der Waals surface area contributed by atoms with E-state index in [0.717, 1.165) is 6.42 Å². The van der Waals surface area contributed by atoms with Crippen LogP contribution in [0.3, 0.4) is 0 Å². The maximum atomic E-state index is 12.4. The van der Waals surface area contributed by atoms with Crippen LogP contribution in [0.5, 0.6) is 5.75 Å². The molecule has 0 saturated carbocycles. The van der Waals surface area contributed by atoms with Crippen LogP contribution >= 0.6 is 0 Å². The maximum Gasteiger partial charge on any atom is 0.326 e. The number of rotatable bonds is 13. The highest BCUT2D eigenvalue weighted by Gasteiger charge is 2.29. The molecular formula is C22H31N5O9. The third-order valence-electron chi connectivity index (χ3n) is 5.44. The predicted molar refractivity (Wildman–Crippen MR) is 123 cm³/mol. The molecule has 4 amide bonds. The first-order valence-electron chi connectivity index (χ1n) is 11.3. The first-order chi connectivity index (χ1) is 17.1. The minimum absolute atomic E-state index is 0.00131. The van der Waals surface area contributed by atoms with Crippen LogP contribution in [-0.4, -0.2) is 100 Å². The van der Waals surface area contributed by atoms with Gasteiger partial charge in [-0.3, -0.25) is 19.2 Å². The molecule has 0 bridgehead atoms. The molecule has 36 heavy (non-hydrogen) atoms. The maximum absolute atomic E-state index is 12.4. The van der Waals surface area contributed by atoms with Gasteiger partial charge in [-0.05, 0) is 37.1 Å². The third kappa shape index (κ3) is 8.79. The quantitative estimate of drug-likeness (QED) is 0.127. The minimum Gasteiger partial charge on any atom is -0.508 e. The molecule has 0 spiro atoms. The number of phenolic OH excluding ortho intramolecular Hbond substituents is 1. The Morgan fingerprint density at radius 3 is 2.11 bits per heavy atom. The zero-order valence-electron chi connectivity index (χ0n) is 19.4. The van der Waals surface area contributed by atoms with Gasteiger partial charge in [-0.25, -0.2) is 4.79 Å². The molecule has 14 heteroatoms. The van der Waals surface area contributed by atoms with Gasteiger partial charge in [0.1, 0.15) is 23.9 Å². The van der Waals surface area contributed by atoms with Gasteiger partial charge in [0.2, 0.25) is 23.6 Å². The molecule has 2 rings (SSSR count). The summed E-state index contributed by atoms with van der Waals surface area (Å²) in [5.74, 6) is -4.48. The Hall–Kier alpha value is -3.75. The number of phenols is 1. The van der Waals surface area contributed by atoms with E-state index < -0.39 is 73.5 Å². The summed E-state index contributed by atoms with van der Waals surface area (Å²) in [4.78, 5) is 60.6. The highest BCUT2D eigenvalue weighted by Crippen LogP contribution is 2.11. The van der Waals surface area contributed by atoms with Gasteiger partial charge >= 0.3 is 5.97 Å². The summed E-state index contributed by atoms with van der Waals surface area (Å²) >= 11 is 0. The smallest absolute Gasteiger partial charge is 0.326 e. The van der Waals surface area contributed by atoms with Crippen LogP contribution in [0.4, 0.5) is 0 Å². The Balaban J connectivity index is 1.84. The molecule has 198 valence electrons. The Morgan fingerprint density at radius 1 is 0.917 bits per heavy atom. The molecule has 1 aliphatic heterocycles. The van der Waals surface area contributed by atoms with Crippen LogP contribution in [0.1, 0.15) is 18.4 Å². The Kier molecular flexibility index (Phi) is 11.1. The number of carboxylic acid groups (broad SMARTS) is 1. The largest absolute Gasteiger partial charge is 0.508 e. The lowest BCUT2D eigenvalue weighted by molar-refractivity contribution is -0.141. The lowest BCUT2D eigenvalue weighted by atomic mass is 10.1. The second-order valence-electron chi connectivity index (χ2n) is 8.18. The van der Waals surface area contributed by atoms with Crippen molar-refractivity contribution in [2.24, 2.45) is 0 Å². The molecule has 9 N–H and O–H groups in total. The molecule has 0 aliphatic carbocycles. The number of hydrogen-bond acceptors (Lipinski definition) is 9. The Morgan fingerprint density at radius 2 is 1.56 bits per heavy atom. The van der Waals surface area contributed by atoms with Gasteiger partial charge in [0.05, 0.1) is 25.8 Å². The summed E-state index contributed by atoms with van der Waals surface area (Å²) in [6.45, 7) is -1.57. The van der Waals surface area contributed by atoms with Gasteiger partial charge in [0, 0.05) is 6.42 Å². The fourth-order valence-electron chi connectivity index (χ4n) is 3.44. The molecule has 1 aliphatic rings. The summed E-state index contributed by atoms with van der Waals surface area (Å²) in [6, 6.07) is 1.09. The van der Waals surface area contributed by atoms with Crippen LogP contribution < -0.4 is 26.6 Å². The molecular weight excluding hydrogens is 478 g/mol. The van der Waals surface area contributed by atoms with Crippen molar-refractivity contribution in [2.45, 2.75) is 43.4 Å². The number of aliphatic hydroxyl groups excluding tert-OH is 2. The molecule has 1 fully saturated rings. The third-order valence-corrected chi connectivity index (χ3v) is 5.44. The molecule has 14 nitrogen and oxygen atoms in total. The fourth-order valence-corrected chi connectivity index (χ4v) is 3.44. The molecule has 0 unspecified atom stereocenters. The van der Waals surface area contributed by atoms with Gasteiger partial charge < -0.3 is 47.0 Å². The molecule has 0 aromatic heterocycles. The SMILES string of the molecule is O=C(CNC(=O)[C@H](CO)NC(=O)[C@H](CO)NC(=O)[C@@H]1CCCN1)N[C@@H](Cc1ccc(O)cc1)C(=O)O. The van der Waals surface area contributed by atoms with Crippen LogP contribution in [0.2, 0.25) is 0 Å². The van der Waals surface area contributed by atoms with E-state index in [1.165, 1.54) is 24.3 Å². The number of benzene rings is 1. The Labute approximate surface area is 206 Å². The fraction of sp³-hybridized carbons (Fsp3) is 0.500. The monoisotopic (exact) mass is 509 g/mol. The molecule has 1 aromatic carbocycles. The van der Waals surface area contributed by atoms with E-state index in [1.807, 2.05) is 0 Å². The second-order valence-corrected chi connectivity index (χ2v) is 8.18. The second kappa shape index (κ2) is 14.0. The van der Waals surface area contributed by atoms with Crippen LogP contribution in [0.15, 0.2) is 24.3 Å². The molecule has 0 radical (unpaired) electrons. The number of aliphatic hydroxyl groups is 2. The van der Waals surface area contributed by atoms with E-state index in [1.54, 1.807) is 0 Å². The first-order valence-corrected chi connectivity index (χ1v) is 11.3. The lowest BCUT2D eigenvalue weighted by Crippen LogP contribution is -2.58. The van der Waals surface area contributed by atoms with E-state index in [0.29, 0.717) is 18.5 Å². The minimum atomic E-state index is -1.49. The summed E-state index contributed by atoms with van der Waals surface area (Å²) in [5.41, 5.74) is 0.543. The first kappa shape index (κ1) is 28.5. The summed E-state index contributed by atoms with van der Waals surface area (Å²) < 4.78 is 0. The van der Waals surface area contributed by atoms with Crippen molar-refractivity contribution in [3.63, 3.8) is 0 Å². The molecule has 4 atom stereocenters. The van der Waals surface area contributed by atoms with Crippen LogP contribution in [-0.2, 0) is 30.4 Å². The summed E-state index contributed by atoms with van der Waals surface area (Å²) in [5, 5.41) is 49.6. The van der Waals surface area contributed by atoms with Crippen LogP contribution in [0.25, 0.3) is 0 Å². The zero-order chi connectivity index (χ0) is 26.7. The highest BCUT2D eigenvalue weighted by molar-refractivity contribution is 5.94. The Bertz CT molecular complexity index is 934. The number of amides is 4. The molecule has 1 saturated heterocycles. The standard InChI is InChI=1S/C22H31N5O9/c28-10-16(26-21(34)17(11-29)27-20(33)14-2-1-7-23-14)19(32)24-9-18(31)25-15(22(35)36)8-12-3-5-13(30)6-4-12/h3-6,14-17,23,28-30H,1-2,7-11H2,(H,24,32)(H,25,31)(H,26,34)(H,27,33)(H,35,36)/t14-,15-,16-,17-/m0/s1. The van der Waals surface area contributed by atoms with E-state index >= 15 is 0 Å². The van der Waals surface area contributed by atoms with E-state index in [-0.39, 0.29) is 12.2 Å². The van der Waals surface area contributed by atoms with Gasteiger partial charge in [-0.15, -0.1) is 0 Å². The molecule has 1 heterocycles. The van der Waals surface area contributed by atoms with E-state index in [2.05, 4.69) is 26.6 Å². The van der Waals surface area contributed by atoms with E-state index in [9.17, 15) is 44.4 Å². The van der Waals surface area contributed by atoms with Crippen LogP contribution in [0, 0.1) is 0 Å². The number of hydrogen-bond donors (Lipinski definition) is 9. The van der Waals surface area contributed by atoms with Gasteiger partial charge in [-0.1, -0.05) is 12.1 Å². The molecule has 1 aromatic rings. The number of carbonyl (C=O) groups is 5.